The molecular weight excluding hydrogens is 370 g/mol. The van der Waals surface area contributed by atoms with Crippen molar-refractivity contribution in [3.8, 4) is 11.4 Å². The molecule has 0 saturated carbocycles. The second kappa shape index (κ2) is 7.05. The van der Waals surface area contributed by atoms with Crippen LogP contribution in [-0.4, -0.2) is 45.5 Å². The summed E-state index contributed by atoms with van der Waals surface area (Å²) in [5, 5.41) is 3.88. The molecule has 0 amide bonds. The Morgan fingerprint density at radius 3 is 2.70 bits per heavy atom. The van der Waals surface area contributed by atoms with E-state index in [-0.39, 0.29) is 17.3 Å². The number of hydrogen-bond donors (Lipinski definition) is 0. The summed E-state index contributed by atoms with van der Waals surface area (Å²) in [7, 11) is -3.80. The van der Waals surface area contributed by atoms with Crippen LogP contribution in [0.2, 0.25) is 0 Å². The lowest BCUT2D eigenvalue weighted by Gasteiger charge is -2.15. The molecule has 0 bridgehead atoms. The maximum absolute atomic E-state index is 12.7. The van der Waals surface area contributed by atoms with E-state index in [0.29, 0.717) is 24.5 Å². The molecule has 3 aromatic rings. The van der Waals surface area contributed by atoms with Gasteiger partial charge in [-0.25, -0.2) is 8.42 Å². The van der Waals surface area contributed by atoms with Gasteiger partial charge in [-0.1, -0.05) is 5.16 Å². The smallest absolute Gasteiger partial charge is 0.271 e. The highest BCUT2D eigenvalue weighted by Gasteiger charge is 2.30. The van der Waals surface area contributed by atoms with Crippen molar-refractivity contribution in [3.05, 3.63) is 59.1 Å². The Bertz CT molecular complexity index is 1100. The largest absolute Gasteiger partial charge is 0.337 e. The van der Waals surface area contributed by atoms with E-state index in [0.717, 1.165) is 12.8 Å². The third-order valence-corrected chi connectivity index (χ3v) is 6.27. The van der Waals surface area contributed by atoms with Gasteiger partial charge >= 0.3 is 0 Å². The van der Waals surface area contributed by atoms with E-state index in [9.17, 15) is 13.2 Å². The SMILES string of the molecule is O=c1c(S(=O)(=O)N2CCCC2)cccn1Cc1nc(-c2cccnc2)no1. The van der Waals surface area contributed by atoms with Crippen molar-refractivity contribution in [3.63, 3.8) is 0 Å². The van der Waals surface area contributed by atoms with Crippen molar-refractivity contribution in [2.24, 2.45) is 0 Å². The van der Waals surface area contributed by atoms with Gasteiger partial charge in [-0.3, -0.25) is 9.78 Å². The Hall–Kier alpha value is -2.85. The van der Waals surface area contributed by atoms with Crippen LogP contribution in [0.1, 0.15) is 18.7 Å². The van der Waals surface area contributed by atoms with Crippen LogP contribution in [0.15, 0.2) is 57.1 Å². The molecule has 0 unspecified atom stereocenters. The van der Waals surface area contributed by atoms with E-state index in [1.807, 2.05) is 0 Å². The van der Waals surface area contributed by atoms with Crippen molar-refractivity contribution in [2.75, 3.05) is 13.1 Å². The van der Waals surface area contributed by atoms with E-state index in [1.165, 1.54) is 27.2 Å². The van der Waals surface area contributed by atoms with Gasteiger partial charge in [0.05, 0.1) is 0 Å². The van der Waals surface area contributed by atoms with E-state index in [2.05, 4.69) is 15.1 Å². The van der Waals surface area contributed by atoms with Gasteiger partial charge in [0.2, 0.25) is 21.7 Å². The van der Waals surface area contributed by atoms with Gasteiger partial charge in [-0.15, -0.1) is 0 Å². The number of aromatic nitrogens is 4. The van der Waals surface area contributed by atoms with Crippen molar-refractivity contribution in [1.29, 1.82) is 0 Å². The zero-order valence-corrected chi connectivity index (χ0v) is 15.2. The minimum atomic E-state index is -3.80. The first kappa shape index (κ1) is 17.6. The van der Waals surface area contributed by atoms with E-state index < -0.39 is 15.6 Å². The summed E-state index contributed by atoms with van der Waals surface area (Å²) in [6.07, 6.45) is 6.35. The molecule has 0 aromatic carbocycles. The van der Waals surface area contributed by atoms with Gasteiger partial charge in [0.25, 0.3) is 5.56 Å². The lowest BCUT2D eigenvalue weighted by molar-refractivity contribution is 0.369. The van der Waals surface area contributed by atoms with Crippen LogP contribution in [0.25, 0.3) is 11.4 Å². The summed E-state index contributed by atoms with van der Waals surface area (Å²) in [5.74, 6) is 0.554. The zero-order valence-electron chi connectivity index (χ0n) is 14.4. The van der Waals surface area contributed by atoms with Crippen LogP contribution < -0.4 is 5.56 Å². The summed E-state index contributed by atoms with van der Waals surface area (Å²) in [6.45, 7) is 0.860. The molecule has 27 heavy (non-hydrogen) atoms. The molecule has 0 atom stereocenters. The first-order valence-electron chi connectivity index (χ1n) is 8.48. The summed E-state index contributed by atoms with van der Waals surface area (Å²) in [5.41, 5.74) is 0.0794. The van der Waals surface area contributed by atoms with E-state index >= 15 is 0 Å². The maximum atomic E-state index is 12.7. The molecule has 4 heterocycles. The first-order chi connectivity index (χ1) is 13.1. The molecular formula is C17H17N5O4S. The Morgan fingerprint density at radius 2 is 1.96 bits per heavy atom. The Morgan fingerprint density at radius 1 is 1.15 bits per heavy atom. The monoisotopic (exact) mass is 387 g/mol. The molecule has 3 aromatic heterocycles. The van der Waals surface area contributed by atoms with Gasteiger partial charge in [0.1, 0.15) is 11.4 Å². The molecule has 1 aliphatic rings. The molecule has 4 rings (SSSR count). The van der Waals surface area contributed by atoms with Crippen molar-refractivity contribution < 1.29 is 12.9 Å². The van der Waals surface area contributed by atoms with E-state index in [4.69, 9.17) is 4.52 Å². The van der Waals surface area contributed by atoms with Crippen LogP contribution in [-0.2, 0) is 16.6 Å². The molecule has 0 spiro atoms. The second-order valence-corrected chi connectivity index (χ2v) is 8.08. The highest BCUT2D eigenvalue weighted by atomic mass is 32.2. The predicted molar refractivity (Wildman–Crippen MR) is 95.3 cm³/mol. The molecule has 0 radical (unpaired) electrons. The van der Waals surface area contributed by atoms with Gasteiger partial charge in [-0.2, -0.15) is 9.29 Å². The zero-order chi connectivity index (χ0) is 18.9. The van der Waals surface area contributed by atoms with Crippen molar-refractivity contribution >= 4 is 10.0 Å². The Balaban J connectivity index is 1.62. The van der Waals surface area contributed by atoms with Crippen LogP contribution in [0, 0.1) is 0 Å². The number of sulfonamides is 1. The molecule has 1 saturated heterocycles. The predicted octanol–water partition coefficient (Wildman–Crippen LogP) is 1.13. The van der Waals surface area contributed by atoms with Crippen LogP contribution in [0.3, 0.4) is 0 Å². The van der Waals surface area contributed by atoms with Crippen LogP contribution in [0.4, 0.5) is 0 Å². The summed E-state index contributed by atoms with van der Waals surface area (Å²) in [4.78, 5) is 20.7. The third kappa shape index (κ3) is 3.40. The molecule has 10 heteroatoms. The fraction of sp³-hybridized carbons (Fsp3) is 0.294. The fourth-order valence-electron chi connectivity index (χ4n) is 2.98. The second-order valence-electron chi connectivity index (χ2n) is 6.17. The van der Waals surface area contributed by atoms with Gasteiger partial charge in [0, 0.05) is 37.2 Å². The van der Waals surface area contributed by atoms with Crippen molar-refractivity contribution in [2.45, 2.75) is 24.3 Å². The average molecular weight is 387 g/mol. The minimum Gasteiger partial charge on any atom is -0.337 e. The lowest BCUT2D eigenvalue weighted by Crippen LogP contribution is -2.34. The quantitative estimate of drug-likeness (QED) is 0.645. The Labute approximate surface area is 155 Å². The van der Waals surface area contributed by atoms with Gasteiger partial charge in [0.15, 0.2) is 0 Å². The topological polar surface area (TPSA) is 111 Å². The third-order valence-electron chi connectivity index (χ3n) is 4.36. The Kier molecular flexibility index (Phi) is 4.58. The summed E-state index contributed by atoms with van der Waals surface area (Å²) < 4.78 is 33.2. The highest BCUT2D eigenvalue weighted by molar-refractivity contribution is 7.89. The highest BCUT2D eigenvalue weighted by Crippen LogP contribution is 2.18. The average Bonchev–Trinajstić information content (AvgIpc) is 3.36. The fourth-order valence-corrected chi connectivity index (χ4v) is 4.59. The molecule has 140 valence electrons. The van der Waals surface area contributed by atoms with Gasteiger partial charge in [-0.05, 0) is 37.1 Å². The van der Waals surface area contributed by atoms with Crippen molar-refractivity contribution in [1.82, 2.24) is 24.0 Å². The molecule has 9 nitrogen and oxygen atoms in total. The summed E-state index contributed by atoms with van der Waals surface area (Å²) in [6, 6.07) is 6.41. The lowest BCUT2D eigenvalue weighted by atomic mass is 10.3. The maximum Gasteiger partial charge on any atom is 0.271 e. The van der Waals surface area contributed by atoms with E-state index in [1.54, 1.807) is 24.5 Å². The normalized spacial score (nSPS) is 15.3. The number of hydrogen-bond acceptors (Lipinski definition) is 7. The first-order valence-corrected chi connectivity index (χ1v) is 9.92. The summed E-state index contributed by atoms with van der Waals surface area (Å²) >= 11 is 0. The molecule has 0 aliphatic carbocycles. The molecule has 1 fully saturated rings. The van der Waals surface area contributed by atoms with Crippen LogP contribution >= 0.6 is 0 Å². The minimum absolute atomic E-state index is 0.0184. The standard InChI is InChI=1S/C17H17N5O4S/c23-17-14(27(24,25)22-9-1-2-10-22)6-4-8-21(17)12-15-19-16(20-26-15)13-5-3-7-18-11-13/h3-8,11H,1-2,9-10,12H2. The number of rotatable bonds is 5. The number of nitrogens with zero attached hydrogens (tertiary/aromatic N) is 5. The molecule has 1 aliphatic heterocycles. The molecule has 0 N–H and O–H groups in total. The number of pyridine rings is 2. The van der Waals surface area contributed by atoms with Gasteiger partial charge < -0.3 is 9.09 Å². The van der Waals surface area contributed by atoms with Crippen LogP contribution in [0.5, 0.6) is 0 Å².